The quantitative estimate of drug-likeness (QED) is 0.150. The fourth-order valence-electron chi connectivity index (χ4n) is 8.03. The van der Waals surface area contributed by atoms with Crippen LogP contribution in [-0.2, 0) is 33.5 Å². The molecule has 3 saturated carbocycles. The molecule has 4 rings (SSSR count). The molecule has 14 heteroatoms. The summed E-state index contributed by atoms with van der Waals surface area (Å²) in [6.07, 6.45) is 9.64. The summed E-state index contributed by atoms with van der Waals surface area (Å²) in [5, 5.41) is 13.9. The monoisotopic (exact) mass is 730 g/mol. The van der Waals surface area contributed by atoms with E-state index in [9.17, 15) is 33.6 Å². The van der Waals surface area contributed by atoms with Gasteiger partial charge in [-0.05, 0) is 89.9 Å². The summed E-state index contributed by atoms with van der Waals surface area (Å²) >= 11 is 0. The van der Waals surface area contributed by atoms with Gasteiger partial charge in [-0.3, -0.25) is 28.8 Å². The number of carbonyl (C=O) groups is 7. The van der Waals surface area contributed by atoms with Crippen molar-refractivity contribution >= 4 is 41.4 Å². The first kappa shape index (κ1) is 41.1. The molecule has 1 aliphatic heterocycles. The minimum absolute atomic E-state index is 0.00305. The number of ketones is 1. The zero-order chi connectivity index (χ0) is 38.1. The smallest absolute Gasteiger partial charge is 0.408 e. The predicted molar refractivity (Wildman–Crippen MR) is 193 cm³/mol. The second kappa shape index (κ2) is 18.9. The number of alkyl carbamates (subject to hydrolysis) is 1. The molecule has 0 radical (unpaired) electrons. The summed E-state index contributed by atoms with van der Waals surface area (Å²) in [6, 6.07) is -4.94. The Hall–Kier alpha value is -3.71. The lowest BCUT2D eigenvalue weighted by atomic mass is 9.83. The number of hydrogen-bond acceptors (Lipinski definition) is 8. The van der Waals surface area contributed by atoms with E-state index < -0.39 is 65.7 Å². The van der Waals surface area contributed by atoms with Crippen LogP contribution in [0.3, 0.4) is 0 Å². The largest absolute Gasteiger partial charge is 0.447 e. The van der Waals surface area contributed by atoms with Crippen LogP contribution >= 0.6 is 0 Å². The normalized spacial score (nSPS) is 24.2. The molecule has 7 atom stereocenters. The molecule has 3 aliphatic carbocycles. The number of amides is 6. The summed E-state index contributed by atoms with van der Waals surface area (Å²) in [6.45, 7) is 10.5. The lowest BCUT2D eigenvalue weighted by Crippen LogP contribution is -2.62. The minimum Gasteiger partial charge on any atom is -0.447 e. The maximum atomic E-state index is 14.7. The van der Waals surface area contributed by atoms with Crippen molar-refractivity contribution in [3.8, 4) is 0 Å². The Labute approximate surface area is 308 Å². The first-order chi connectivity index (χ1) is 24.7. The first-order valence-electron chi connectivity index (χ1n) is 19.8. The first-order valence-corrected chi connectivity index (χ1v) is 19.8. The average molecular weight is 731 g/mol. The second-order valence-electron chi connectivity index (χ2n) is 16.0. The topological polar surface area (TPSA) is 192 Å². The zero-order valence-electron chi connectivity index (χ0n) is 32.0. The highest BCUT2D eigenvalue weighted by Gasteiger charge is 2.50. The Morgan fingerprint density at radius 2 is 1.40 bits per heavy atom. The molecule has 5 unspecified atom stereocenters. The molecule has 4 aliphatic rings. The van der Waals surface area contributed by atoms with Crippen LogP contribution in [0.2, 0.25) is 0 Å². The van der Waals surface area contributed by atoms with Crippen molar-refractivity contribution in [3.05, 3.63) is 0 Å². The highest BCUT2D eigenvalue weighted by Crippen LogP contribution is 2.40. The van der Waals surface area contributed by atoms with E-state index in [0.29, 0.717) is 19.3 Å². The third kappa shape index (κ3) is 10.9. The van der Waals surface area contributed by atoms with Crippen molar-refractivity contribution in [2.24, 2.45) is 17.8 Å². The van der Waals surface area contributed by atoms with Gasteiger partial charge in [0.15, 0.2) is 0 Å². The van der Waals surface area contributed by atoms with Gasteiger partial charge in [0, 0.05) is 12.1 Å². The summed E-state index contributed by atoms with van der Waals surface area (Å²) in [5.41, 5.74) is 0. The van der Waals surface area contributed by atoms with Crippen LogP contribution < -0.4 is 26.6 Å². The molecule has 4 fully saturated rings. The van der Waals surface area contributed by atoms with Crippen molar-refractivity contribution in [3.63, 3.8) is 0 Å². The molecule has 292 valence electrons. The van der Waals surface area contributed by atoms with E-state index in [-0.39, 0.29) is 41.8 Å². The molecule has 52 heavy (non-hydrogen) atoms. The number of Topliss-reactive ketones (excluding diaryl/α,β-unsaturated/α-hetero) is 1. The Balaban J connectivity index is 1.53. The van der Waals surface area contributed by atoms with E-state index in [2.05, 4.69) is 26.6 Å². The van der Waals surface area contributed by atoms with Crippen LogP contribution in [0.15, 0.2) is 0 Å². The third-order valence-corrected chi connectivity index (χ3v) is 11.0. The van der Waals surface area contributed by atoms with E-state index in [1.165, 1.54) is 6.92 Å². The van der Waals surface area contributed by atoms with E-state index in [4.69, 9.17) is 4.74 Å². The third-order valence-electron chi connectivity index (χ3n) is 11.0. The number of carbonyl (C=O) groups excluding carboxylic acids is 7. The van der Waals surface area contributed by atoms with Crippen LogP contribution in [0.1, 0.15) is 131 Å². The molecular weight excluding hydrogens is 668 g/mol. The van der Waals surface area contributed by atoms with Crippen LogP contribution in [0, 0.1) is 17.8 Å². The van der Waals surface area contributed by atoms with Crippen LogP contribution in [0.25, 0.3) is 0 Å². The average Bonchev–Trinajstić information content (AvgIpc) is 3.83. The molecule has 0 bridgehead atoms. The van der Waals surface area contributed by atoms with Gasteiger partial charge in [-0.2, -0.15) is 0 Å². The Morgan fingerprint density at radius 1 is 0.750 bits per heavy atom. The maximum absolute atomic E-state index is 14.7. The van der Waals surface area contributed by atoms with Crippen molar-refractivity contribution in [2.75, 3.05) is 0 Å². The minimum atomic E-state index is -1.000. The number of likely N-dealkylation sites (tertiary alicyclic amines) is 1. The number of nitrogens with one attached hydrogen (secondary N) is 5. The van der Waals surface area contributed by atoms with Gasteiger partial charge in [-0.1, -0.05) is 59.3 Å². The molecule has 5 N–H and O–H groups in total. The lowest BCUT2D eigenvalue weighted by molar-refractivity contribution is -0.146. The summed E-state index contributed by atoms with van der Waals surface area (Å²) in [7, 11) is 0. The molecule has 0 aromatic heterocycles. The van der Waals surface area contributed by atoms with Crippen LogP contribution in [0.4, 0.5) is 4.79 Å². The van der Waals surface area contributed by atoms with Gasteiger partial charge in [0.05, 0.1) is 12.1 Å². The molecule has 0 aromatic carbocycles. The highest BCUT2D eigenvalue weighted by atomic mass is 16.6. The van der Waals surface area contributed by atoms with Crippen molar-refractivity contribution in [1.29, 1.82) is 0 Å². The summed E-state index contributed by atoms with van der Waals surface area (Å²) < 4.78 is 5.11. The number of nitrogens with zero attached hydrogens (tertiary/aromatic N) is 1. The number of rotatable bonds is 16. The van der Waals surface area contributed by atoms with Gasteiger partial charge in [0.2, 0.25) is 29.4 Å². The van der Waals surface area contributed by atoms with Gasteiger partial charge >= 0.3 is 6.09 Å². The second-order valence-corrected chi connectivity index (χ2v) is 16.0. The van der Waals surface area contributed by atoms with Gasteiger partial charge in [-0.15, -0.1) is 0 Å². The molecule has 14 nitrogen and oxygen atoms in total. The Kier molecular flexibility index (Phi) is 14.9. The Morgan fingerprint density at radius 3 is 2.02 bits per heavy atom. The summed E-state index contributed by atoms with van der Waals surface area (Å²) in [5.74, 6) is -3.65. The Bertz CT molecular complexity index is 1310. The summed E-state index contributed by atoms with van der Waals surface area (Å²) in [4.78, 5) is 95.8. The molecule has 6 amide bonds. The van der Waals surface area contributed by atoms with E-state index >= 15 is 0 Å². The van der Waals surface area contributed by atoms with Crippen LogP contribution in [-0.4, -0.2) is 94.7 Å². The molecule has 0 aromatic rings. The maximum Gasteiger partial charge on any atom is 0.408 e. The molecular formula is C38H62N6O8. The highest BCUT2D eigenvalue weighted by molar-refractivity contribution is 6.38. The van der Waals surface area contributed by atoms with E-state index in [0.717, 1.165) is 70.6 Å². The SMILES string of the molecule is CCCC(NC(=O)[C@@H]1CC2CCCCC2N1C(=O)[C@@H](NC(=O)C(NC(=O)C(C)NC(=O)OC(C)C)C1CCCCC1)C(C)C)C(=O)C(=O)NC1CC1. The fourth-order valence-corrected chi connectivity index (χ4v) is 8.03. The van der Waals surface area contributed by atoms with Crippen LogP contribution in [0.5, 0.6) is 0 Å². The van der Waals surface area contributed by atoms with Crippen molar-refractivity contribution in [2.45, 2.75) is 180 Å². The van der Waals surface area contributed by atoms with Gasteiger partial charge in [0.25, 0.3) is 5.91 Å². The standard InChI is InChI=1S/C38H62N6O8/c1-7-13-27(32(45)36(49)40-26-18-19-26)41-34(47)29-20-25-16-11-12-17-28(25)44(29)37(50)30(21(2)3)42-35(48)31(24-14-9-8-10-15-24)43-33(46)23(6)39-38(51)52-22(4)5/h21-31H,7-20H2,1-6H3,(H,39,51)(H,40,49)(H,41,47)(H,42,48)(H,43,46)/t23?,25?,27?,28?,29-,30-,31?/m0/s1. The predicted octanol–water partition coefficient (Wildman–Crippen LogP) is 3.01. The van der Waals surface area contributed by atoms with Crippen molar-refractivity contribution in [1.82, 2.24) is 31.5 Å². The van der Waals surface area contributed by atoms with E-state index in [1.807, 2.05) is 20.8 Å². The lowest BCUT2D eigenvalue weighted by Gasteiger charge is -2.38. The molecule has 1 heterocycles. The van der Waals surface area contributed by atoms with E-state index in [1.54, 1.807) is 18.7 Å². The van der Waals surface area contributed by atoms with Gasteiger partial charge < -0.3 is 36.2 Å². The molecule has 1 saturated heterocycles. The molecule has 0 spiro atoms. The van der Waals surface area contributed by atoms with Gasteiger partial charge in [-0.25, -0.2) is 4.79 Å². The van der Waals surface area contributed by atoms with Gasteiger partial charge in [0.1, 0.15) is 24.2 Å². The number of hydrogen-bond donors (Lipinski definition) is 5. The fraction of sp³-hybridized carbons (Fsp3) is 0.816. The van der Waals surface area contributed by atoms with Crippen molar-refractivity contribution < 1.29 is 38.3 Å². The number of fused-ring (bicyclic) bond motifs is 1. The number of ether oxygens (including phenoxy) is 1. The zero-order valence-corrected chi connectivity index (χ0v) is 32.0.